The van der Waals surface area contributed by atoms with Crippen LogP contribution in [0.5, 0.6) is 23.0 Å². The SMILES string of the molecule is COc1cc(CNC(=O)c2cc(-c3ccc(OC)c(OC)c3)nc3ccccc23)ccc1O. The Balaban J connectivity index is 1.69. The molecule has 0 aliphatic heterocycles. The lowest BCUT2D eigenvalue weighted by Crippen LogP contribution is -2.23. The zero-order valence-electron chi connectivity index (χ0n) is 18.6. The van der Waals surface area contributed by atoms with E-state index in [2.05, 4.69) is 5.32 Å². The van der Waals surface area contributed by atoms with Gasteiger partial charge >= 0.3 is 0 Å². The maximum atomic E-state index is 13.2. The van der Waals surface area contributed by atoms with Gasteiger partial charge in [-0.3, -0.25) is 4.79 Å². The molecule has 7 nitrogen and oxygen atoms in total. The summed E-state index contributed by atoms with van der Waals surface area (Å²) in [6, 6.07) is 19.8. The maximum Gasteiger partial charge on any atom is 0.252 e. The van der Waals surface area contributed by atoms with Crippen LogP contribution in [0.15, 0.2) is 66.7 Å². The number of carbonyl (C=O) groups is 1. The molecule has 4 rings (SSSR count). The molecule has 7 heteroatoms. The average molecular weight is 444 g/mol. The van der Waals surface area contributed by atoms with Gasteiger partial charge in [0.15, 0.2) is 23.0 Å². The van der Waals surface area contributed by atoms with Crippen LogP contribution in [0.2, 0.25) is 0 Å². The number of pyridine rings is 1. The fourth-order valence-electron chi connectivity index (χ4n) is 3.62. The van der Waals surface area contributed by atoms with E-state index in [0.717, 1.165) is 16.5 Å². The Labute approximate surface area is 191 Å². The Morgan fingerprint density at radius 3 is 2.39 bits per heavy atom. The number of phenolic OH excluding ortho intramolecular Hbond substituents is 1. The van der Waals surface area contributed by atoms with Crippen LogP contribution in [-0.2, 0) is 6.54 Å². The molecule has 2 N–H and O–H groups in total. The van der Waals surface area contributed by atoms with Crippen molar-refractivity contribution >= 4 is 16.8 Å². The number of phenols is 1. The van der Waals surface area contributed by atoms with Gasteiger partial charge in [-0.15, -0.1) is 0 Å². The van der Waals surface area contributed by atoms with E-state index in [1.54, 1.807) is 32.4 Å². The highest BCUT2D eigenvalue weighted by Crippen LogP contribution is 2.33. The van der Waals surface area contributed by atoms with Crippen LogP contribution < -0.4 is 19.5 Å². The van der Waals surface area contributed by atoms with E-state index in [1.165, 1.54) is 13.2 Å². The van der Waals surface area contributed by atoms with E-state index in [-0.39, 0.29) is 18.2 Å². The van der Waals surface area contributed by atoms with Crippen LogP contribution in [0.3, 0.4) is 0 Å². The van der Waals surface area contributed by atoms with Crippen LogP contribution in [0.25, 0.3) is 22.2 Å². The second kappa shape index (κ2) is 9.48. The normalized spacial score (nSPS) is 10.6. The standard InChI is InChI=1S/C26H24N2O5/c1-31-23-11-9-17(13-25(23)33-3)21-14-19(18-6-4-5-7-20(18)28-21)26(30)27-15-16-8-10-22(29)24(12-16)32-2/h4-14,29H,15H2,1-3H3,(H,27,30). The van der Waals surface area contributed by atoms with E-state index in [0.29, 0.717) is 34.0 Å². The van der Waals surface area contributed by atoms with Crippen molar-refractivity contribution in [3.63, 3.8) is 0 Å². The minimum Gasteiger partial charge on any atom is -0.504 e. The molecule has 0 saturated carbocycles. The van der Waals surface area contributed by atoms with Crippen molar-refractivity contribution in [1.82, 2.24) is 10.3 Å². The van der Waals surface area contributed by atoms with E-state index in [1.807, 2.05) is 42.5 Å². The van der Waals surface area contributed by atoms with Gasteiger partial charge in [-0.25, -0.2) is 4.98 Å². The highest BCUT2D eigenvalue weighted by molar-refractivity contribution is 6.07. The Morgan fingerprint density at radius 2 is 1.64 bits per heavy atom. The van der Waals surface area contributed by atoms with Gasteiger partial charge in [-0.1, -0.05) is 24.3 Å². The average Bonchev–Trinajstić information content (AvgIpc) is 2.86. The highest BCUT2D eigenvalue weighted by Gasteiger charge is 2.15. The highest BCUT2D eigenvalue weighted by atomic mass is 16.5. The van der Waals surface area contributed by atoms with Crippen molar-refractivity contribution < 1.29 is 24.1 Å². The van der Waals surface area contributed by atoms with Crippen molar-refractivity contribution in [2.24, 2.45) is 0 Å². The molecule has 1 heterocycles. The molecule has 0 spiro atoms. The van der Waals surface area contributed by atoms with Crippen molar-refractivity contribution in [3.05, 3.63) is 77.9 Å². The molecule has 0 atom stereocenters. The van der Waals surface area contributed by atoms with Gasteiger partial charge in [0, 0.05) is 17.5 Å². The van der Waals surface area contributed by atoms with Gasteiger partial charge in [-0.05, 0) is 48.0 Å². The Bertz CT molecular complexity index is 1320. The lowest BCUT2D eigenvalue weighted by Gasteiger charge is -2.13. The zero-order valence-corrected chi connectivity index (χ0v) is 18.6. The molecule has 33 heavy (non-hydrogen) atoms. The van der Waals surface area contributed by atoms with Gasteiger partial charge < -0.3 is 24.6 Å². The number of hydrogen-bond acceptors (Lipinski definition) is 6. The monoisotopic (exact) mass is 444 g/mol. The first-order valence-electron chi connectivity index (χ1n) is 10.3. The van der Waals surface area contributed by atoms with Crippen molar-refractivity contribution in [2.75, 3.05) is 21.3 Å². The summed E-state index contributed by atoms with van der Waals surface area (Å²) in [5.41, 5.74) is 3.47. The van der Waals surface area contributed by atoms with E-state index >= 15 is 0 Å². The summed E-state index contributed by atoms with van der Waals surface area (Å²) < 4.78 is 15.9. The van der Waals surface area contributed by atoms with Crippen molar-refractivity contribution in [3.8, 4) is 34.3 Å². The summed E-state index contributed by atoms with van der Waals surface area (Å²) in [5, 5.41) is 13.5. The Kier molecular flexibility index (Phi) is 6.31. The third-order valence-electron chi connectivity index (χ3n) is 5.34. The van der Waals surface area contributed by atoms with Gasteiger partial charge in [0.2, 0.25) is 0 Å². The first-order valence-corrected chi connectivity index (χ1v) is 10.3. The van der Waals surface area contributed by atoms with E-state index < -0.39 is 0 Å². The zero-order chi connectivity index (χ0) is 23.4. The number of ether oxygens (including phenoxy) is 3. The number of rotatable bonds is 7. The van der Waals surface area contributed by atoms with Gasteiger partial charge in [-0.2, -0.15) is 0 Å². The number of nitrogens with zero attached hydrogens (tertiary/aromatic N) is 1. The molecule has 3 aromatic carbocycles. The van der Waals surface area contributed by atoms with E-state index in [4.69, 9.17) is 19.2 Å². The molecule has 0 fully saturated rings. The second-order valence-corrected chi connectivity index (χ2v) is 7.33. The lowest BCUT2D eigenvalue weighted by atomic mass is 10.0. The number of methoxy groups -OCH3 is 3. The van der Waals surface area contributed by atoms with Crippen molar-refractivity contribution in [1.29, 1.82) is 0 Å². The molecule has 0 aliphatic rings. The first kappa shape index (κ1) is 22.0. The number of nitrogens with one attached hydrogen (secondary N) is 1. The van der Waals surface area contributed by atoms with Crippen LogP contribution in [0.4, 0.5) is 0 Å². The molecule has 0 aliphatic carbocycles. The quantitative estimate of drug-likeness (QED) is 0.434. The topological polar surface area (TPSA) is 89.9 Å². The van der Waals surface area contributed by atoms with Crippen LogP contribution >= 0.6 is 0 Å². The molecular weight excluding hydrogens is 420 g/mol. The summed E-state index contributed by atoms with van der Waals surface area (Å²) in [5.74, 6) is 1.36. The summed E-state index contributed by atoms with van der Waals surface area (Å²) in [6.45, 7) is 0.276. The minimum absolute atomic E-state index is 0.0484. The van der Waals surface area contributed by atoms with Crippen LogP contribution in [-0.4, -0.2) is 37.3 Å². The van der Waals surface area contributed by atoms with E-state index in [9.17, 15) is 9.90 Å². The minimum atomic E-state index is -0.234. The lowest BCUT2D eigenvalue weighted by molar-refractivity contribution is 0.0952. The number of amides is 1. The predicted molar refractivity (Wildman–Crippen MR) is 126 cm³/mol. The Hall–Kier alpha value is -4.26. The van der Waals surface area contributed by atoms with Crippen LogP contribution in [0.1, 0.15) is 15.9 Å². The predicted octanol–water partition coefficient (Wildman–Crippen LogP) is 4.56. The third-order valence-corrected chi connectivity index (χ3v) is 5.34. The summed E-state index contributed by atoms with van der Waals surface area (Å²) in [6.07, 6.45) is 0. The summed E-state index contributed by atoms with van der Waals surface area (Å²) in [7, 11) is 4.64. The molecule has 0 saturated heterocycles. The molecule has 1 amide bonds. The smallest absolute Gasteiger partial charge is 0.252 e. The van der Waals surface area contributed by atoms with Crippen LogP contribution in [0, 0.1) is 0 Å². The van der Waals surface area contributed by atoms with Gasteiger partial charge in [0.05, 0.1) is 38.1 Å². The molecule has 4 aromatic rings. The number of aromatic nitrogens is 1. The Morgan fingerprint density at radius 1 is 0.879 bits per heavy atom. The molecular formula is C26H24N2O5. The fourth-order valence-corrected chi connectivity index (χ4v) is 3.62. The summed E-state index contributed by atoms with van der Waals surface area (Å²) in [4.78, 5) is 17.9. The number of hydrogen-bond donors (Lipinski definition) is 2. The molecule has 0 unspecified atom stereocenters. The number of carbonyl (C=O) groups excluding carboxylic acids is 1. The van der Waals surface area contributed by atoms with Gasteiger partial charge in [0.25, 0.3) is 5.91 Å². The molecule has 1 aromatic heterocycles. The number of fused-ring (bicyclic) bond motifs is 1. The number of benzene rings is 3. The molecule has 168 valence electrons. The summed E-state index contributed by atoms with van der Waals surface area (Å²) >= 11 is 0. The molecule has 0 radical (unpaired) electrons. The number of aromatic hydroxyl groups is 1. The first-order chi connectivity index (χ1) is 16.0. The fraction of sp³-hybridized carbons (Fsp3) is 0.154. The third kappa shape index (κ3) is 4.52. The number of para-hydroxylation sites is 1. The van der Waals surface area contributed by atoms with Crippen molar-refractivity contribution in [2.45, 2.75) is 6.54 Å². The second-order valence-electron chi connectivity index (χ2n) is 7.33. The molecule has 0 bridgehead atoms. The largest absolute Gasteiger partial charge is 0.504 e. The maximum absolute atomic E-state index is 13.2. The van der Waals surface area contributed by atoms with Gasteiger partial charge in [0.1, 0.15) is 0 Å².